The second-order valence-corrected chi connectivity index (χ2v) is 4.50. The van der Waals surface area contributed by atoms with Gasteiger partial charge in [0.25, 0.3) is 5.91 Å². The molecule has 1 fully saturated rings. The number of hydrogen-bond donors (Lipinski definition) is 1. The first kappa shape index (κ1) is 11.8. The highest BCUT2D eigenvalue weighted by atomic mass is 16.4. The summed E-state index contributed by atoms with van der Waals surface area (Å²) in [5.74, 6) is 1.33. The lowest BCUT2D eigenvalue weighted by Gasteiger charge is -2.12. The topological polar surface area (TPSA) is 58.4 Å². The lowest BCUT2D eigenvalue weighted by molar-refractivity contribution is 0.0997. The highest BCUT2D eigenvalue weighted by Crippen LogP contribution is 2.23. The molecule has 2 aromatic heterocycles. The van der Waals surface area contributed by atoms with E-state index in [0.717, 1.165) is 19.0 Å². The van der Waals surface area contributed by atoms with Gasteiger partial charge in [-0.25, -0.2) is 4.98 Å². The van der Waals surface area contributed by atoms with E-state index in [1.165, 1.54) is 12.8 Å². The number of carbonyl (C=O) groups excluding carboxylic acids is 1. The lowest BCUT2D eigenvalue weighted by atomic mass is 10.4. The lowest BCUT2D eigenvalue weighted by Crippen LogP contribution is -2.17. The Morgan fingerprint density at radius 1 is 1.21 bits per heavy atom. The smallest absolute Gasteiger partial charge is 0.292 e. The average Bonchev–Trinajstić information content (AvgIpc) is 3.11. The fourth-order valence-corrected chi connectivity index (χ4v) is 2.17. The summed E-state index contributed by atoms with van der Waals surface area (Å²) in [7, 11) is 0. The third-order valence-corrected chi connectivity index (χ3v) is 3.14. The monoisotopic (exact) mass is 257 g/mol. The largest absolute Gasteiger partial charge is 0.435 e. The molecule has 5 nitrogen and oxygen atoms in total. The van der Waals surface area contributed by atoms with Gasteiger partial charge in [0, 0.05) is 25.4 Å². The molecule has 5 heteroatoms. The molecule has 0 radical (unpaired) electrons. The maximum absolute atomic E-state index is 12.0. The Morgan fingerprint density at radius 2 is 2.05 bits per heavy atom. The van der Waals surface area contributed by atoms with E-state index in [-0.39, 0.29) is 5.91 Å². The van der Waals surface area contributed by atoms with E-state index in [0.29, 0.717) is 11.6 Å². The van der Waals surface area contributed by atoms with E-state index in [2.05, 4.69) is 15.2 Å². The zero-order chi connectivity index (χ0) is 13.1. The van der Waals surface area contributed by atoms with Gasteiger partial charge < -0.3 is 14.6 Å². The van der Waals surface area contributed by atoms with Gasteiger partial charge in [0.2, 0.25) is 0 Å². The predicted molar refractivity (Wildman–Crippen MR) is 72.3 cm³/mol. The minimum absolute atomic E-state index is 0.274. The first-order valence-corrected chi connectivity index (χ1v) is 6.40. The third-order valence-electron chi connectivity index (χ3n) is 3.14. The van der Waals surface area contributed by atoms with Crippen LogP contribution < -0.4 is 10.2 Å². The van der Waals surface area contributed by atoms with Gasteiger partial charge in [-0.1, -0.05) is 6.07 Å². The number of hydrogen-bond acceptors (Lipinski definition) is 4. The molecule has 1 N–H and O–H groups in total. The quantitative estimate of drug-likeness (QED) is 0.918. The van der Waals surface area contributed by atoms with E-state index in [4.69, 9.17) is 4.42 Å². The summed E-state index contributed by atoms with van der Waals surface area (Å²) in [5, 5.41) is 2.70. The van der Waals surface area contributed by atoms with Gasteiger partial charge in [-0.15, -0.1) is 0 Å². The molecule has 0 unspecified atom stereocenters. The molecule has 19 heavy (non-hydrogen) atoms. The number of furan rings is 1. The van der Waals surface area contributed by atoms with Crippen LogP contribution in [0.4, 0.5) is 11.7 Å². The van der Waals surface area contributed by atoms with E-state index in [1.807, 2.05) is 12.1 Å². The Hall–Kier alpha value is -2.30. The van der Waals surface area contributed by atoms with Crippen molar-refractivity contribution in [1.82, 2.24) is 4.98 Å². The van der Waals surface area contributed by atoms with Crippen LogP contribution in [-0.4, -0.2) is 24.0 Å². The van der Waals surface area contributed by atoms with Crippen molar-refractivity contribution in [2.24, 2.45) is 0 Å². The SMILES string of the molecule is O=C(Nc1ccccn1)c1ccc(N2CCCC2)o1. The zero-order valence-corrected chi connectivity index (χ0v) is 10.5. The minimum Gasteiger partial charge on any atom is -0.435 e. The van der Waals surface area contributed by atoms with Crippen molar-refractivity contribution in [3.63, 3.8) is 0 Å². The number of nitrogens with zero attached hydrogens (tertiary/aromatic N) is 2. The molecule has 1 amide bonds. The molecule has 98 valence electrons. The van der Waals surface area contributed by atoms with Crippen molar-refractivity contribution in [2.75, 3.05) is 23.3 Å². The van der Waals surface area contributed by atoms with Gasteiger partial charge in [-0.3, -0.25) is 4.79 Å². The third kappa shape index (κ3) is 2.59. The van der Waals surface area contributed by atoms with Crippen molar-refractivity contribution >= 4 is 17.6 Å². The van der Waals surface area contributed by atoms with Crippen molar-refractivity contribution in [1.29, 1.82) is 0 Å². The maximum atomic E-state index is 12.0. The van der Waals surface area contributed by atoms with Crippen LogP contribution in [-0.2, 0) is 0 Å². The number of nitrogens with one attached hydrogen (secondary N) is 1. The molecular formula is C14H15N3O2. The summed E-state index contributed by atoms with van der Waals surface area (Å²) < 4.78 is 5.59. The molecule has 0 bridgehead atoms. The standard InChI is InChI=1S/C14H15N3O2/c18-14(16-12-5-1-2-8-15-12)11-6-7-13(19-11)17-9-3-4-10-17/h1-2,5-8H,3-4,9-10H2,(H,15,16,18). The molecule has 1 aliphatic rings. The molecule has 0 saturated carbocycles. The van der Waals surface area contributed by atoms with E-state index in [9.17, 15) is 4.79 Å². The number of anilines is 2. The van der Waals surface area contributed by atoms with Crippen LogP contribution in [0.5, 0.6) is 0 Å². The van der Waals surface area contributed by atoms with Crippen LogP contribution in [0.15, 0.2) is 40.9 Å². The summed E-state index contributed by atoms with van der Waals surface area (Å²) in [4.78, 5) is 18.2. The summed E-state index contributed by atoms with van der Waals surface area (Å²) >= 11 is 0. The Bertz CT molecular complexity index is 559. The number of amides is 1. The number of carbonyl (C=O) groups is 1. The maximum Gasteiger partial charge on any atom is 0.292 e. The van der Waals surface area contributed by atoms with Gasteiger partial charge >= 0.3 is 0 Å². The molecule has 2 aromatic rings. The second kappa shape index (κ2) is 5.14. The average molecular weight is 257 g/mol. The van der Waals surface area contributed by atoms with Crippen molar-refractivity contribution in [3.8, 4) is 0 Å². The summed E-state index contributed by atoms with van der Waals surface area (Å²) in [6.45, 7) is 1.99. The zero-order valence-electron chi connectivity index (χ0n) is 10.5. The summed E-state index contributed by atoms with van der Waals surface area (Å²) in [6.07, 6.45) is 3.99. The molecule has 3 rings (SSSR count). The van der Waals surface area contributed by atoms with Crippen LogP contribution in [0.1, 0.15) is 23.4 Å². The molecule has 0 aliphatic carbocycles. The molecular weight excluding hydrogens is 242 g/mol. The summed E-state index contributed by atoms with van der Waals surface area (Å²) in [6, 6.07) is 8.90. The molecule has 0 aromatic carbocycles. The number of pyridine rings is 1. The van der Waals surface area contributed by atoms with Crippen LogP contribution in [0.2, 0.25) is 0 Å². The highest BCUT2D eigenvalue weighted by molar-refractivity contribution is 6.01. The summed E-state index contributed by atoms with van der Waals surface area (Å²) in [5.41, 5.74) is 0. The number of rotatable bonds is 3. The van der Waals surface area contributed by atoms with Crippen LogP contribution in [0.25, 0.3) is 0 Å². The van der Waals surface area contributed by atoms with Gasteiger partial charge in [0.05, 0.1) is 0 Å². The first-order valence-electron chi connectivity index (χ1n) is 6.40. The Balaban J connectivity index is 1.70. The predicted octanol–water partition coefficient (Wildman–Crippen LogP) is 2.53. The second-order valence-electron chi connectivity index (χ2n) is 4.50. The van der Waals surface area contributed by atoms with Gasteiger partial charge in [-0.2, -0.15) is 0 Å². The molecule has 3 heterocycles. The minimum atomic E-state index is -0.274. The normalized spacial score (nSPS) is 14.6. The molecule has 0 atom stereocenters. The van der Waals surface area contributed by atoms with E-state index >= 15 is 0 Å². The molecule has 1 aliphatic heterocycles. The fourth-order valence-electron chi connectivity index (χ4n) is 2.17. The van der Waals surface area contributed by atoms with E-state index in [1.54, 1.807) is 24.4 Å². The van der Waals surface area contributed by atoms with Crippen molar-refractivity contribution < 1.29 is 9.21 Å². The fraction of sp³-hybridized carbons (Fsp3) is 0.286. The van der Waals surface area contributed by atoms with Crippen molar-refractivity contribution in [3.05, 3.63) is 42.3 Å². The molecule has 1 saturated heterocycles. The Labute approximate surface area is 111 Å². The van der Waals surface area contributed by atoms with Gasteiger partial charge in [0.1, 0.15) is 5.82 Å². The van der Waals surface area contributed by atoms with Crippen LogP contribution in [0.3, 0.4) is 0 Å². The van der Waals surface area contributed by atoms with Crippen LogP contribution in [0, 0.1) is 0 Å². The highest BCUT2D eigenvalue weighted by Gasteiger charge is 2.18. The van der Waals surface area contributed by atoms with Gasteiger partial charge in [0.15, 0.2) is 11.6 Å². The number of aromatic nitrogens is 1. The van der Waals surface area contributed by atoms with Crippen molar-refractivity contribution in [2.45, 2.75) is 12.8 Å². The Morgan fingerprint density at radius 3 is 2.79 bits per heavy atom. The molecule has 0 spiro atoms. The van der Waals surface area contributed by atoms with Gasteiger partial charge in [-0.05, 0) is 31.0 Å². The van der Waals surface area contributed by atoms with E-state index < -0.39 is 0 Å². The van der Waals surface area contributed by atoms with Crippen LogP contribution >= 0.6 is 0 Å². The first-order chi connectivity index (χ1) is 9.33. The Kier molecular flexibility index (Phi) is 3.18.